The first-order valence-electron chi connectivity index (χ1n) is 10.3. The third-order valence-corrected chi connectivity index (χ3v) is 6.70. The summed E-state index contributed by atoms with van der Waals surface area (Å²) in [6.07, 6.45) is 10.9. The van der Waals surface area contributed by atoms with Gasteiger partial charge in [0, 0.05) is 12.6 Å². The van der Waals surface area contributed by atoms with Crippen molar-refractivity contribution in [1.29, 1.82) is 0 Å². The molecule has 4 fully saturated rings. The number of benzene rings is 1. The Morgan fingerprint density at radius 1 is 1.07 bits per heavy atom. The van der Waals surface area contributed by atoms with E-state index in [2.05, 4.69) is 5.32 Å². The lowest BCUT2D eigenvalue weighted by Crippen LogP contribution is -2.51. The Morgan fingerprint density at radius 2 is 1.68 bits per heavy atom. The second-order valence-corrected chi connectivity index (χ2v) is 8.91. The van der Waals surface area contributed by atoms with Crippen LogP contribution in [0.15, 0.2) is 30.3 Å². The standard InChI is InChI=1S/C23H29NO4/c1-27-20-5-2-16(3-6-20)4-7-22(26)28-14-21(25)24-15-23-11-17-8-18(12-23)10-19(9-17)13-23/h2-7,17-19H,8-15H2,1H3,(H,24,25)/b7-4+. The van der Waals surface area contributed by atoms with Crippen molar-refractivity contribution in [3.63, 3.8) is 0 Å². The Hall–Kier alpha value is -2.30. The van der Waals surface area contributed by atoms with Gasteiger partial charge in [0.05, 0.1) is 7.11 Å². The summed E-state index contributed by atoms with van der Waals surface area (Å²) in [7, 11) is 1.61. The molecule has 0 aliphatic heterocycles. The van der Waals surface area contributed by atoms with Crippen LogP contribution in [0.1, 0.15) is 44.1 Å². The smallest absolute Gasteiger partial charge is 0.331 e. The second-order valence-electron chi connectivity index (χ2n) is 8.91. The molecule has 4 aliphatic carbocycles. The number of hydrogen-bond acceptors (Lipinski definition) is 4. The van der Waals surface area contributed by atoms with Gasteiger partial charge in [-0.2, -0.15) is 0 Å². The van der Waals surface area contributed by atoms with Crippen LogP contribution in [0, 0.1) is 23.2 Å². The maximum absolute atomic E-state index is 12.2. The Balaban J connectivity index is 1.20. The van der Waals surface area contributed by atoms with Gasteiger partial charge in [0.15, 0.2) is 6.61 Å². The van der Waals surface area contributed by atoms with Crippen molar-refractivity contribution in [2.75, 3.05) is 20.3 Å². The summed E-state index contributed by atoms with van der Waals surface area (Å²) in [5.74, 6) is 2.63. The van der Waals surface area contributed by atoms with E-state index in [4.69, 9.17) is 9.47 Å². The molecule has 4 saturated carbocycles. The number of methoxy groups -OCH3 is 1. The third kappa shape index (κ3) is 4.40. The number of amides is 1. The predicted molar refractivity (Wildman–Crippen MR) is 107 cm³/mol. The monoisotopic (exact) mass is 383 g/mol. The molecule has 1 amide bonds. The van der Waals surface area contributed by atoms with Gasteiger partial charge in [-0.15, -0.1) is 0 Å². The molecule has 0 radical (unpaired) electrons. The average molecular weight is 383 g/mol. The van der Waals surface area contributed by atoms with Crippen molar-refractivity contribution >= 4 is 18.0 Å². The fourth-order valence-corrected chi connectivity index (χ4v) is 5.91. The van der Waals surface area contributed by atoms with Crippen molar-refractivity contribution in [3.8, 4) is 5.75 Å². The minimum Gasteiger partial charge on any atom is -0.497 e. The number of nitrogens with one attached hydrogen (secondary N) is 1. The molecule has 150 valence electrons. The third-order valence-electron chi connectivity index (χ3n) is 6.70. The molecule has 0 saturated heterocycles. The maximum atomic E-state index is 12.2. The number of ether oxygens (including phenoxy) is 2. The lowest BCUT2D eigenvalue weighted by Gasteiger charge is -2.56. The molecule has 0 heterocycles. The van der Waals surface area contributed by atoms with Crippen molar-refractivity contribution in [3.05, 3.63) is 35.9 Å². The van der Waals surface area contributed by atoms with Gasteiger partial charge in [-0.05, 0) is 85.5 Å². The number of hydrogen-bond donors (Lipinski definition) is 1. The van der Waals surface area contributed by atoms with Crippen molar-refractivity contribution in [2.45, 2.75) is 38.5 Å². The molecule has 0 unspecified atom stereocenters. The normalized spacial score (nSPS) is 30.4. The van der Waals surface area contributed by atoms with Crippen LogP contribution in [0.4, 0.5) is 0 Å². The first kappa shape index (κ1) is 19.0. The molecular formula is C23H29NO4. The summed E-state index contributed by atoms with van der Waals surface area (Å²) < 4.78 is 10.2. The zero-order valence-corrected chi connectivity index (χ0v) is 16.5. The molecule has 5 rings (SSSR count). The Labute approximate surface area is 166 Å². The van der Waals surface area contributed by atoms with Crippen LogP contribution in [0.25, 0.3) is 6.08 Å². The van der Waals surface area contributed by atoms with Gasteiger partial charge in [-0.1, -0.05) is 12.1 Å². The van der Waals surface area contributed by atoms with Crippen molar-refractivity contribution in [2.24, 2.45) is 23.2 Å². The molecular weight excluding hydrogens is 354 g/mol. The highest BCUT2D eigenvalue weighted by Crippen LogP contribution is 2.59. The number of carbonyl (C=O) groups excluding carboxylic acids is 2. The van der Waals surface area contributed by atoms with Crippen LogP contribution in [0.5, 0.6) is 5.75 Å². The lowest BCUT2D eigenvalue weighted by atomic mass is 9.49. The van der Waals surface area contributed by atoms with Gasteiger partial charge in [-0.3, -0.25) is 4.79 Å². The minimum absolute atomic E-state index is 0.207. The van der Waals surface area contributed by atoms with Crippen LogP contribution in [0.3, 0.4) is 0 Å². The summed E-state index contributed by atoms with van der Waals surface area (Å²) in [5, 5.41) is 3.03. The molecule has 1 aromatic carbocycles. The van der Waals surface area contributed by atoms with Gasteiger partial charge in [0.1, 0.15) is 5.75 Å². The molecule has 28 heavy (non-hydrogen) atoms. The van der Waals surface area contributed by atoms with Crippen molar-refractivity contribution in [1.82, 2.24) is 5.32 Å². The second kappa shape index (κ2) is 7.98. The van der Waals surface area contributed by atoms with Gasteiger partial charge in [-0.25, -0.2) is 4.79 Å². The molecule has 0 aromatic heterocycles. The molecule has 1 aromatic rings. The number of carbonyl (C=O) groups is 2. The van der Waals surface area contributed by atoms with E-state index in [1.807, 2.05) is 24.3 Å². The van der Waals surface area contributed by atoms with Crippen LogP contribution in [0.2, 0.25) is 0 Å². The average Bonchev–Trinajstić information content (AvgIpc) is 2.68. The van der Waals surface area contributed by atoms with E-state index in [1.165, 1.54) is 44.6 Å². The van der Waals surface area contributed by atoms with E-state index in [9.17, 15) is 9.59 Å². The quantitative estimate of drug-likeness (QED) is 0.577. The van der Waals surface area contributed by atoms with Crippen molar-refractivity contribution < 1.29 is 19.1 Å². The highest BCUT2D eigenvalue weighted by atomic mass is 16.5. The summed E-state index contributed by atoms with van der Waals surface area (Å²) >= 11 is 0. The molecule has 4 aliphatic rings. The Bertz CT molecular complexity index is 717. The van der Waals surface area contributed by atoms with Gasteiger partial charge in [0.2, 0.25) is 0 Å². The summed E-state index contributed by atoms with van der Waals surface area (Å²) in [5.41, 5.74) is 1.16. The van der Waals surface area contributed by atoms with Gasteiger partial charge >= 0.3 is 5.97 Å². The maximum Gasteiger partial charge on any atom is 0.331 e. The van der Waals surface area contributed by atoms with Gasteiger partial charge in [0.25, 0.3) is 5.91 Å². The molecule has 1 N–H and O–H groups in total. The topological polar surface area (TPSA) is 64.6 Å². The molecule has 5 heteroatoms. The Morgan fingerprint density at radius 3 is 2.25 bits per heavy atom. The highest BCUT2D eigenvalue weighted by molar-refractivity contribution is 5.89. The van der Waals surface area contributed by atoms with Crippen LogP contribution in [-0.2, 0) is 14.3 Å². The fraction of sp³-hybridized carbons (Fsp3) is 0.565. The molecule has 4 bridgehead atoms. The van der Waals surface area contributed by atoms with E-state index in [1.54, 1.807) is 13.2 Å². The SMILES string of the molecule is COc1ccc(/C=C/C(=O)OCC(=O)NCC23CC4CC(CC(C4)C2)C3)cc1. The fourth-order valence-electron chi connectivity index (χ4n) is 5.91. The zero-order valence-electron chi connectivity index (χ0n) is 16.5. The first-order valence-corrected chi connectivity index (χ1v) is 10.3. The van der Waals surface area contributed by atoms with E-state index in [0.717, 1.165) is 35.6 Å². The lowest BCUT2D eigenvalue weighted by molar-refractivity contribution is -0.144. The molecule has 5 nitrogen and oxygen atoms in total. The van der Waals surface area contributed by atoms with Gasteiger partial charge < -0.3 is 14.8 Å². The largest absolute Gasteiger partial charge is 0.497 e. The summed E-state index contributed by atoms with van der Waals surface area (Å²) in [6, 6.07) is 7.34. The van der Waals surface area contributed by atoms with E-state index < -0.39 is 5.97 Å². The predicted octanol–water partition coefficient (Wildman–Crippen LogP) is 3.58. The molecule has 0 atom stereocenters. The van der Waals surface area contributed by atoms with Crippen LogP contribution >= 0.6 is 0 Å². The highest BCUT2D eigenvalue weighted by Gasteiger charge is 2.50. The van der Waals surface area contributed by atoms with E-state index in [0.29, 0.717) is 5.41 Å². The summed E-state index contributed by atoms with van der Waals surface area (Å²) in [6.45, 7) is 0.507. The van der Waals surface area contributed by atoms with E-state index in [-0.39, 0.29) is 12.5 Å². The van der Waals surface area contributed by atoms with Crippen LogP contribution < -0.4 is 10.1 Å². The summed E-state index contributed by atoms with van der Waals surface area (Å²) in [4.78, 5) is 24.0. The number of rotatable bonds is 7. The Kier molecular flexibility index (Phi) is 5.42. The first-order chi connectivity index (χ1) is 13.5. The van der Waals surface area contributed by atoms with E-state index >= 15 is 0 Å². The molecule has 0 spiro atoms. The zero-order chi connectivity index (χ0) is 19.6. The number of esters is 1. The van der Waals surface area contributed by atoms with Crippen LogP contribution in [-0.4, -0.2) is 32.1 Å². The minimum atomic E-state index is -0.513.